The van der Waals surface area contributed by atoms with E-state index in [-0.39, 0.29) is 5.88 Å². The third-order valence-corrected chi connectivity index (χ3v) is 4.87. The molecule has 1 N–H and O–H groups in total. The maximum absolute atomic E-state index is 10.3. The molecule has 0 spiro atoms. The molecule has 0 atom stereocenters. The Morgan fingerprint density at radius 3 is 2.70 bits per heavy atom. The Morgan fingerprint density at radius 1 is 1.35 bits per heavy atom. The molecule has 0 saturated carbocycles. The van der Waals surface area contributed by atoms with E-state index in [1.54, 1.807) is 17.9 Å². The molecule has 0 aliphatic carbocycles. The molecule has 3 rings (SSSR count). The van der Waals surface area contributed by atoms with Crippen LogP contribution in [0.25, 0.3) is 6.08 Å². The van der Waals surface area contributed by atoms with E-state index >= 15 is 0 Å². The summed E-state index contributed by atoms with van der Waals surface area (Å²) in [7, 11) is 1.63. The van der Waals surface area contributed by atoms with Crippen LogP contribution in [0.2, 0.25) is 0 Å². The Labute approximate surface area is 142 Å². The predicted molar refractivity (Wildman–Crippen MR) is 96.5 cm³/mol. The molecule has 1 aromatic carbocycles. The van der Waals surface area contributed by atoms with Gasteiger partial charge in [-0.05, 0) is 49.5 Å². The summed E-state index contributed by atoms with van der Waals surface area (Å²) in [5, 5.41) is 18.4. The predicted octanol–water partition coefficient (Wildman–Crippen LogP) is 3.89. The molecule has 2 aromatic rings. The number of nitrogens with zero attached hydrogens (tertiary/aromatic N) is 3. The van der Waals surface area contributed by atoms with Crippen molar-refractivity contribution >= 4 is 41.6 Å². The van der Waals surface area contributed by atoms with Gasteiger partial charge in [-0.1, -0.05) is 0 Å². The van der Waals surface area contributed by atoms with Gasteiger partial charge in [0.15, 0.2) is 3.95 Å². The Kier molecular flexibility index (Phi) is 4.40. The lowest BCUT2D eigenvalue weighted by molar-refractivity contribution is 0.415. The van der Waals surface area contributed by atoms with Crippen LogP contribution in [0.3, 0.4) is 0 Å². The zero-order valence-corrected chi connectivity index (χ0v) is 14.3. The molecule has 7 heteroatoms. The fraction of sp³-hybridized carbons (Fsp3) is 0.188. The summed E-state index contributed by atoms with van der Waals surface area (Å²) < 4.78 is 7.51. The molecule has 0 unspecified atom stereocenters. The number of rotatable bonds is 4. The maximum atomic E-state index is 10.3. The third-order valence-electron chi connectivity index (χ3n) is 3.49. The third kappa shape index (κ3) is 2.97. The molecule has 1 aliphatic heterocycles. The van der Waals surface area contributed by atoms with Crippen LogP contribution < -0.4 is 4.74 Å². The van der Waals surface area contributed by atoms with Crippen molar-refractivity contribution in [2.24, 2.45) is 10.2 Å². The summed E-state index contributed by atoms with van der Waals surface area (Å²) in [6.07, 6.45) is 3.54. The average Bonchev–Trinajstić information content (AvgIpc) is 3.13. The van der Waals surface area contributed by atoms with Crippen LogP contribution >= 0.6 is 23.6 Å². The number of hydrogen-bond acceptors (Lipinski definition) is 6. The molecule has 23 heavy (non-hydrogen) atoms. The SMILES string of the molecule is CCn1c(O)c(/C=C2\C=NN=C2c2ccc(OC)cc2)sc1=S. The molecule has 0 amide bonds. The number of thiazole rings is 1. The lowest BCUT2D eigenvalue weighted by Gasteiger charge is -2.04. The highest BCUT2D eigenvalue weighted by molar-refractivity contribution is 7.73. The Hall–Kier alpha value is -2.25. The smallest absolute Gasteiger partial charge is 0.210 e. The summed E-state index contributed by atoms with van der Waals surface area (Å²) in [6.45, 7) is 2.58. The first-order chi connectivity index (χ1) is 11.1. The van der Waals surface area contributed by atoms with E-state index in [0.717, 1.165) is 22.6 Å². The van der Waals surface area contributed by atoms with E-state index in [9.17, 15) is 5.11 Å². The van der Waals surface area contributed by atoms with Crippen LogP contribution in [-0.2, 0) is 6.54 Å². The number of benzene rings is 1. The van der Waals surface area contributed by atoms with Crippen LogP contribution in [0.15, 0.2) is 40.0 Å². The van der Waals surface area contributed by atoms with Crippen LogP contribution in [-0.4, -0.2) is 28.7 Å². The summed E-state index contributed by atoms with van der Waals surface area (Å²) in [6, 6.07) is 7.62. The molecule has 1 aliphatic rings. The highest BCUT2D eigenvalue weighted by Gasteiger charge is 2.16. The molecular weight excluding hydrogens is 330 g/mol. The summed E-state index contributed by atoms with van der Waals surface area (Å²) in [5.74, 6) is 0.971. The fourth-order valence-electron chi connectivity index (χ4n) is 2.27. The van der Waals surface area contributed by atoms with Gasteiger partial charge in [-0.2, -0.15) is 5.10 Å². The Balaban J connectivity index is 1.97. The zero-order chi connectivity index (χ0) is 16.4. The van der Waals surface area contributed by atoms with Gasteiger partial charge in [0.2, 0.25) is 5.88 Å². The number of aromatic nitrogens is 1. The number of ether oxygens (including phenoxy) is 1. The highest BCUT2D eigenvalue weighted by atomic mass is 32.1. The number of allylic oxidation sites excluding steroid dienone is 1. The molecular formula is C16H15N3O2S2. The topological polar surface area (TPSA) is 59.1 Å². The van der Waals surface area contributed by atoms with Crippen molar-refractivity contribution in [2.45, 2.75) is 13.5 Å². The lowest BCUT2D eigenvalue weighted by atomic mass is 10.0. The second-order valence-corrected chi connectivity index (χ2v) is 6.50. The van der Waals surface area contributed by atoms with Crippen molar-refractivity contribution in [3.8, 4) is 11.6 Å². The fourth-order valence-corrected chi connectivity index (χ4v) is 3.66. The van der Waals surface area contributed by atoms with E-state index in [1.165, 1.54) is 11.3 Å². The van der Waals surface area contributed by atoms with Gasteiger partial charge in [0, 0.05) is 17.7 Å². The van der Waals surface area contributed by atoms with Gasteiger partial charge in [0.1, 0.15) is 11.5 Å². The van der Waals surface area contributed by atoms with Crippen molar-refractivity contribution in [3.05, 3.63) is 44.2 Å². The van der Waals surface area contributed by atoms with Crippen molar-refractivity contribution in [2.75, 3.05) is 7.11 Å². The minimum Gasteiger partial charge on any atom is -0.497 e. The Bertz CT molecular complexity index is 874. The Morgan fingerprint density at radius 2 is 2.09 bits per heavy atom. The first-order valence-electron chi connectivity index (χ1n) is 7.04. The van der Waals surface area contributed by atoms with Crippen LogP contribution in [0, 0.1) is 3.95 Å². The van der Waals surface area contributed by atoms with Crippen LogP contribution in [0.5, 0.6) is 11.6 Å². The molecule has 0 saturated heterocycles. The maximum Gasteiger partial charge on any atom is 0.210 e. The average molecular weight is 345 g/mol. The van der Waals surface area contributed by atoms with Crippen molar-refractivity contribution in [1.82, 2.24) is 4.57 Å². The minimum atomic E-state index is 0.185. The highest BCUT2D eigenvalue weighted by Crippen LogP contribution is 2.29. The summed E-state index contributed by atoms with van der Waals surface area (Å²) >= 11 is 6.64. The van der Waals surface area contributed by atoms with Gasteiger partial charge in [-0.3, -0.25) is 4.57 Å². The van der Waals surface area contributed by atoms with Gasteiger partial charge in [0.25, 0.3) is 0 Å². The van der Waals surface area contributed by atoms with E-state index in [4.69, 9.17) is 17.0 Å². The van der Waals surface area contributed by atoms with Gasteiger partial charge in [0.05, 0.1) is 18.2 Å². The minimum absolute atomic E-state index is 0.185. The largest absolute Gasteiger partial charge is 0.497 e. The normalized spacial score (nSPS) is 15.2. The monoisotopic (exact) mass is 345 g/mol. The van der Waals surface area contributed by atoms with Crippen molar-refractivity contribution < 1.29 is 9.84 Å². The number of aromatic hydroxyl groups is 1. The first-order valence-corrected chi connectivity index (χ1v) is 8.26. The van der Waals surface area contributed by atoms with E-state index in [0.29, 0.717) is 15.4 Å². The molecule has 118 valence electrons. The number of hydrogen-bond donors (Lipinski definition) is 1. The van der Waals surface area contributed by atoms with Crippen molar-refractivity contribution in [3.63, 3.8) is 0 Å². The second-order valence-electron chi connectivity index (χ2n) is 4.82. The number of methoxy groups -OCH3 is 1. The van der Waals surface area contributed by atoms with E-state index in [1.807, 2.05) is 37.3 Å². The molecule has 0 fully saturated rings. The summed E-state index contributed by atoms with van der Waals surface area (Å²) in [5.41, 5.74) is 2.53. The lowest BCUT2D eigenvalue weighted by Crippen LogP contribution is -2.02. The molecule has 5 nitrogen and oxygen atoms in total. The molecule has 2 heterocycles. The molecule has 0 bridgehead atoms. The molecule has 1 aromatic heterocycles. The van der Waals surface area contributed by atoms with Gasteiger partial charge >= 0.3 is 0 Å². The van der Waals surface area contributed by atoms with E-state index < -0.39 is 0 Å². The van der Waals surface area contributed by atoms with Gasteiger partial charge in [-0.25, -0.2) is 0 Å². The quantitative estimate of drug-likeness (QED) is 0.855. The van der Waals surface area contributed by atoms with Crippen LogP contribution in [0.1, 0.15) is 17.4 Å². The first kappa shape index (κ1) is 15.6. The zero-order valence-electron chi connectivity index (χ0n) is 12.7. The van der Waals surface area contributed by atoms with Gasteiger partial charge in [-0.15, -0.1) is 16.4 Å². The summed E-state index contributed by atoms with van der Waals surface area (Å²) in [4.78, 5) is 0.710. The van der Waals surface area contributed by atoms with Crippen LogP contribution in [0.4, 0.5) is 0 Å². The molecule has 0 radical (unpaired) electrons. The van der Waals surface area contributed by atoms with Crippen molar-refractivity contribution in [1.29, 1.82) is 0 Å². The second kappa shape index (κ2) is 6.47. The standard InChI is InChI=1S/C16H15N3O2S2/c1-3-19-15(20)13(23-16(19)22)8-11-9-17-18-14(11)10-4-6-12(21-2)7-5-10/h4-9,20H,3H2,1-2H3/b11-8+. The van der Waals surface area contributed by atoms with E-state index in [2.05, 4.69) is 10.2 Å². The van der Waals surface area contributed by atoms with Gasteiger partial charge < -0.3 is 9.84 Å².